The first kappa shape index (κ1) is 76.1. The van der Waals surface area contributed by atoms with Crippen LogP contribution in [0.4, 0.5) is 0 Å². The van der Waals surface area contributed by atoms with E-state index in [1.54, 1.807) is 0 Å². The molecular formula is C74H126O6. The average molecular weight is 1110 g/mol. The van der Waals surface area contributed by atoms with Gasteiger partial charge in [-0.2, -0.15) is 0 Å². The summed E-state index contributed by atoms with van der Waals surface area (Å²) in [6.07, 6.45) is 92.6. The number of hydrogen-bond donors (Lipinski definition) is 0. The Morgan fingerprint density at radius 1 is 0.263 bits per heavy atom. The molecule has 0 rings (SSSR count). The molecule has 458 valence electrons. The molecular weight excluding hydrogens is 985 g/mol. The number of hydrogen-bond acceptors (Lipinski definition) is 6. The molecule has 0 bridgehead atoms. The summed E-state index contributed by atoms with van der Waals surface area (Å²) in [7, 11) is 0. The lowest BCUT2D eigenvalue weighted by molar-refractivity contribution is -0.167. The lowest BCUT2D eigenvalue weighted by Gasteiger charge is -2.18. The van der Waals surface area contributed by atoms with Crippen LogP contribution in [0.1, 0.15) is 323 Å². The molecule has 0 N–H and O–H groups in total. The fraction of sp³-hybridized carbons (Fsp3) is 0.716. The van der Waals surface area contributed by atoms with Gasteiger partial charge in [-0.25, -0.2) is 0 Å². The third-order valence-corrected chi connectivity index (χ3v) is 14.5. The summed E-state index contributed by atoms with van der Waals surface area (Å²) < 4.78 is 16.9. The maximum atomic E-state index is 12.9. The molecule has 0 aromatic rings. The third-order valence-electron chi connectivity index (χ3n) is 14.5. The van der Waals surface area contributed by atoms with E-state index in [1.165, 1.54) is 154 Å². The van der Waals surface area contributed by atoms with E-state index >= 15 is 0 Å². The van der Waals surface area contributed by atoms with Crippen LogP contribution in [0.2, 0.25) is 0 Å². The quantitative estimate of drug-likeness (QED) is 0.0261. The van der Waals surface area contributed by atoms with Crippen molar-refractivity contribution in [3.63, 3.8) is 0 Å². The molecule has 0 aliphatic rings. The zero-order chi connectivity index (χ0) is 57.8. The van der Waals surface area contributed by atoms with Gasteiger partial charge in [0.1, 0.15) is 13.2 Å². The molecule has 6 heteroatoms. The van der Waals surface area contributed by atoms with E-state index in [0.29, 0.717) is 19.3 Å². The van der Waals surface area contributed by atoms with Crippen molar-refractivity contribution in [1.82, 2.24) is 0 Å². The molecule has 0 amide bonds. The smallest absolute Gasteiger partial charge is 0.306 e. The summed E-state index contributed by atoms with van der Waals surface area (Å²) in [6.45, 7) is 6.46. The number of esters is 3. The van der Waals surface area contributed by atoms with Gasteiger partial charge in [0, 0.05) is 19.3 Å². The first-order valence-corrected chi connectivity index (χ1v) is 33.9. The number of carbonyl (C=O) groups excluding carboxylic acids is 3. The Bertz CT molecular complexity index is 1610. The molecule has 0 radical (unpaired) electrons. The van der Waals surface area contributed by atoms with Gasteiger partial charge >= 0.3 is 17.9 Å². The number of ether oxygens (including phenoxy) is 3. The molecule has 0 aromatic heterocycles. The van der Waals surface area contributed by atoms with Crippen LogP contribution in [-0.4, -0.2) is 37.2 Å². The van der Waals surface area contributed by atoms with Crippen LogP contribution >= 0.6 is 0 Å². The van der Waals surface area contributed by atoms with E-state index in [9.17, 15) is 14.4 Å². The molecule has 1 atom stereocenters. The highest BCUT2D eigenvalue weighted by Crippen LogP contribution is 2.16. The van der Waals surface area contributed by atoms with Gasteiger partial charge in [0.15, 0.2) is 6.10 Å². The summed E-state index contributed by atoms with van der Waals surface area (Å²) in [5.74, 6) is -0.900. The van der Waals surface area contributed by atoms with Gasteiger partial charge in [0.2, 0.25) is 0 Å². The number of unbranched alkanes of at least 4 members (excludes halogenated alkanes) is 32. The van der Waals surface area contributed by atoms with Crippen molar-refractivity contribution >= 4 is 17.9 Å². The average Bonchev–Trinajstić information content (AvgIpc) is 3.46. The van der Waals surface area contributed by atoms with E-state index in [0.717, 1.165) is 128 Å². The second-order valence-electron chi connectivity index (χ2n) is 22.3. The minimum absolute atomic E-state index is 0.0852. The van der Waals surface area contributed by atoms with Crippen LogP contribution in [0.5, 0.6) is 0 Å². The Balaban J connectivity index is 4.23. The SMILES string of the molecule is CC/C=C\C/C=C\C/C=C\C/C=C\C/C=C\CCCCCCCCCC(=O)OC(COC(=O)CCCCCCC/C=C\CCC)COC(=O)CCCCCCCCCCCCCCCC/C=C\C/C=C\C/C=C\CCCCCCC. The predicted octanol–water partition coefficient (Wildman–Crippen LogP) is 23.4. The second-order valence-corrected chi connectivity index (χ2v) is 22.3. The zero-order valence-corrected chi connectivity index (χ0v) is 52.6. The highest BCUT2D eigenvalue weighted by molar-refractivity contribution is 5.71. The fourth-order valence-corrected chi connectivity index (χ4v) is 9.42. The van der Waals surface area contributed by atoms with Crippen molar-refractivity contribution in [1.29, 1.82) is 0 Å². The highest BCUT2D eigenvalue weighted by atomic mass is 16.6. The van der Waals surface area contributed by atoms with E-state index in [-0.39, 0.29) is 31.1 Å². The van der Waals surface area contributed by atoms with Crippen LogP contribution < -0.4 is 0 Å². The third kappa shape index (κ3) is 64.9. The molecule has 0 saturated carbocycles. The minimum atomic E-state index is -0.790. The molecule has 6 nitrogen and oxygen atoms in total. The molecule has 1 unspecified atom stereocenters. The van der Waals surface area contributed by atoms with Crippen LogP contribution in [0.3, 0.4) is 0 Å². The number of rotatable bonds is 61. The van der Waals surface area contributed by atoms with Crippen molar-refractivity contribution in [2.75, 3.05) is 13.2 Å². The maximum absolute atomic E-state index is 12.9. The van der Waals surface area contributed by atoms with Crippen LogP contribution in [0.15, 0.2) is 109 Å². The molecule has 0 fully saturated rings. The molecule has 0 aliphatic carbocycles. The molecule has 0 spiro atoms. The fourth-order valence-electron chi connectivity index (χ4n) is 9.42. The summed E-state index contributed by atoms with van der Waals surface area (Å²) in [4.78, 5) is 38.3. The Hall–Kier alpha value is -3.93. The van der Waals surface area contributed by atoms with Gasteiger partial charge < -0.3 is 14.2 Å². The van der Waals surface area contributed by atoms with Crippen molar-refractivity contribution in [2.45, 2.75) is 329 Å². The topological polar surface area (TPSA) is 78.9 Å². The van der Waals surface area contributed by atoms with Gasteiger partial charge in [-0.3, -0.25) is 14.4 Å². The molecule has 0 aliphatic heterocycles. The van der Waals surface area contributed by atoms with Crippen molar-refractivity contribution in [3.8, 4) is 0 Å². The van der Waals surface area contributed by atoms with Gasteiger partial charge in [0.05, 0.1) is 0 Å². The van der Waals surface area contributed by atoms with Gasteiger partial charge in [0.25, 0.3) is 0 Å². The predicted molar refractivity (Wildman–Crippen MR) is 348 cm³/mol. The molecule has 0 aromatic carbocycles. The lowest BCUT2D eigenvalue weighted by Crippen LogP contribution is -2.30. The van der Waals surface area contributed by atoms with Crippen LogP contribution in [0.25, 0.3) is 0 Å². The minimum Gasteiger partial charge on any atom is -0.462 e. The standard InChI is InChI=1S/C74H126O6/c1-4-7-10-13-16-19-22-24-26-28-30-32-34-35-36-37-38-39-41-42-44-46-48-50-52-55-58-61-64-67-73(76)79-70-71(69-78-72(75)66-63-60-57-54-21-18-15-12-9-6-3)80-74(77)68-65-62-59-56-53-51-49-47-45-43-40-33-31-29-27-25-23-20-17-14-11-8-5-2/h8,11-12,15,17,20,22,24-25,27-28,30-31,33-35,43,45,71H,4-7,9-10,13-14,16,18-19,21,23,26,29,32,36-42,44,46-70H2,1-3H3/b11-8-,15-12-,20-17-,24-22-,27-25-,30-28-,33-31-,35-34-,45-43-. The van der Waals surface area contributed by atoms with Gasteiger partial charge in [-0.1, -0.05) is 291 Å². The van der Waals surface area contributed by atoms with E-state index in [4.69, 9.17) is 14.2 Å². The maximum Gasteiger partial charge on any atom is 0.306 e. The van der Waals surface area contributed by atoms with Gasteiger partial charge in [-0.05, 0) is 122 Å². The van der Waals surface area contributed by atoms with E-state index in [1.807, 2.05) is 0 Å². The lowest BCUT2D eigenvalue weighted by atomic mass is 10.0. The highest BCUT2D eigenvalue weighted by Gasteiger charge is 2.19. The van der Waals surface area contributed by atoms with E-state index in [2.05, 4.69) is 130 Å². The first-order chi connectivity index (χ1) is 39.5. The van der Waals surface area contributed by atoms with Crippen LogP contribution in [-0.2, 0) is 28.6 Å². The van der Waals surface area contributed by atoms with Crippen molar-refractivity contribution in [3.05, 3.63) is 109 Å². The normalized spacial score (nSPS) is 12.8. The summed E-state index contributed by atoms with van der Waals surface area (Å²) in [5.41, 5.74) is 0. The monoisotopic (exact) mass is 1110 g/mol. The van der Waals surface area contributed by atoms with E-state index < -0.39 is 6.10 Å². The Kier molecular flexibility index (Phi) is 64.3. The summed E-state index contributed by atoms with van der Waals surface area (Å²) in [5, 5.41) is 0. The van der Waals surface area contributed by atoms with Crippen molar-refractivity contribution in [2.24, 2.45) is 0 Å². The Morgan fingerprint density at radius 3 is 0.825 bits per heavy atom. The Labute approximate surface area is 495 Å². The second kappa shape index (κ2) is 67.6. The Morgan fingerprint density at radius 2 is 0.512 bits per heavy atom. The molecule has 80 heavy (non-hydrogen) atoms. The number of carbonyl (C=O) groups is 3. The number of allylic oxidation sites excluding steroid dienone is 18. The largest absolute Gasteiger partial charge is 0.462 e. The van der Waals surface area contributed by atoms with Crippen molar-refractivity contribution < 1.29 is 28.6 Å². The molecule has 0 heterocycles. The van der Waals surface area contributed by atoms with Crippen LogP contribution in [0, 0.1) is 0 Å². The summed E-state index contributed by atoms with van der Waals surface area (Å²) in [6, 6.07) is 0. The summed E-state index contributed by atoms with van der Waals surface area (Å²) >= 11 is 0. The zero-order valence-electron chi connectivity index (χ0n) is 52.6. The first-order valence-electron chi connectivity index (χ1n) is 33.9. The molecule has 0 saturated heterocycles. The van der Waals surface area contributed by atoms with Gasteiger partial charge in [-0.15, -0.1) is 0 Å².